The maximum Gasteiger partial charge on any atom is 0.256 e. The lowest BCUT2D eigenvalue weighted by Crippen LogP contribution is -1.88. The third-order valence-corrected chi connectivity index (χ3v) is 3.62. The van der Waals surface area contributed by atoms with Crippen LogP contribution < -0.4 is 0 Å². The zero-order valence-corrected chi connectivity index (χ0v) is 11.0. The normalized spacial score (nSPS) is 10.8. The van der Waals surface area contributed by atoms with Gasteiger partial charge in [0, 0.05) is 16.3 Å². The highest BCUT2D eigenvalue weighted by molar-refractivity contribution is 7.98. The number of rotatable bonds is 3. The van der Waals surface area contributed by atoms with Crippen LogP contribution in [0.15, 0.2) is 27.8 Å². The van der Waals surface area contributed by atoms with Crippen molar-refractivity contribution in [1.82, 2.24) is 4.98 Å². The number of thioether (sulfide) groups is 1. The second-order valence-electron chi connectivity index (χ2n) is 3.61. The largest absolute Gasteiger partial charge is 0.437 e. The van der Waals surface area contributed by atoms with Crippen molar-refractivity contribution in [3.05, 3.63) is 46.1 Å². The molecule has 0 fully saturated rings. The van der Waals surface area contributed by atoms with Gasteiger partial charge in [0.2, 0.25) is 0 Å². The van der Waals surface area contributed by atoms with Gasteiger partial charge in [0.15, 0.2) is 0 Å². The van der Waals surface area contributed by atoms with Crippen LogP contribution in [-0.4, -0.2) is 4.98 Å². The third-order valence-electron chi connectivity index (χ3n) is 2.41. The van der Waals surface area contributed by atoms with Gasteiger partial charge in [-0.2, -0.15) is 0 Å². The minimum absolute atomic E-state index is 0.301. The van der Waals surface area contributed by atoms with Gasteiger partial charge in [0.05, 0.1) is 5.69 Å². The maximum absolute atomic E-state index is 13.5. The standard InChI is InChI=1S/C12H11ClFNOS/c1-7-8(2)16-12(15-7)17-6-9-10(13)4-3-5-11(9)14/h3-5H,6H2,1-2H3. The van der Waals surface area contributed by atoms with Crippen LogP contribution in [0.3, 0.4) is 0 Å². The van der Waals surface area contributed by atoms with Crippen LogP contribution in [0.25, 0.3) is 0 Å². The van der Waals surface area contributed by atoms with Gasteiger partial charge in [-0.1, -0.05) is 29.4 Å². The van der Waals surface area contributed by atoms with Crippen LogP contribution in [0.5, 0.6) is 0 Å². The van der Waals surface area contributed by atoms with Crippen molar-refractivity contribution in [3.8, 4) is 0 Å². The number of hydrogen-bond acceptors (Lipinski definition) is 3. The molecule has 0 saturated carbocycles. The molecule has 0 radical (unpaired) electrons. The van der Waals surface area contributed by atoms with Crippen LogP contribution in [0.2, 0.25) is 5.02 Å². The van der Waals surface area contributed by atoms with Crippen LogP contribution in [0.1, 0.15) is 17.0 Å². The maximum atomic E-state index is 13.5. The summed E-state index contributed by atoms with van der Waals surface area (Å²) < 4.78 is 18.9. The fourth-order valence-corrected chi connectivity index (χ4v) is 2.56. The summed E-state index contributed by atoms with van der Waals surface area (Å²) >= 11 is 7.26. The highest BCUT2D eigenvalue weighted by Gasteiger charge is 2.11. The number of aromatic nitrogens is 1. The lowest BCUT2D eigenvalue weighted by atomic mass is 10.2. The summed E-state index contributed by atoms with van der Waals surface area (Å²) in [6.07, 6.45) is 0. The Morgan fingerprint density at radius 3 is 2.76 bits per heavy atom. The molecule has 0 aliphatic carbocycles. The SMILES string of the molecule is Cc1nc(SCc2c(F)cccc2Cl)oc1C. The average molecular weight is 272 g/mol. The molecule has 0 aliphatic rings. The summed E-state index contributed by atoms with van der Waals surface area (Å²) in [5.41, 5.74) is 1.33. The van der Waals surface area contributed by atoms with E-state index in [-0.39, 0.29) is 5.82 Å². The predicted octanol–water partition coefficient (Wildman–Crippen LogP) is 4.38. The van der Waals surface area contributed by atoms with Gasteiger partial charge in [-0.25, -0.2) is 9.37 Å². The van der Waals surface area contributed by atoms with Crippen molar-refractivity contribution in [2.45, 2.75) is 24.8 Å². The molecular weight excluding hydrogens is 261 g/mol. The molecule has 0 amide bonds. The Labute approximate surface area is 108 Å². The molecule has 2 rings (SSSR count). The van der Waals surface area contributed by atoms with Crippen molar-refractivity contribution >= 4 is 23.4 Å². The number of halogens is 2. The predicted molar refractivity (Wildman–Crippen MR) is 66.9 cm³/mol. The van der Waals surface area contributed by atoms with Crippen LogP contribution in [-0.2, 0) is 5.75 Å². The summed E-state index contributed by atoms with van der Waals surface area (Å²) in [7, 11) is 0. The molecule has 1 aromatic carbocycles. The quantitative estimate of drug-likeness (QED) is 0.775. The van der Waals surface area contributed by atoms with E-state index in [4.69, 9.17) is 16.0 Å². The minimum atomic E-state index is -0.301. The molecule has 1 aromatic heterocycles. The van der Waals surface area contributed by atoms with Gasteiger partial charge >= 0.3 is 0 Å². The average Bonchev–Trinajstić information content (AvgIpc) is 2.58. The summed E-state index contributed by atoms with van der Waals surface area (Å²) in [6.45, 7) is 3.72. The Kier molecular flexibility index (Phi) is 3.74. The first kappa shape index (κ1) is 12.5. The molecule has 0 N–H and O–H groups in total. The molecule has 0 bridgehead atoms. The second-order valence-corrected chi connectivity index (χ2v) is 4.94. The fraction of sp³-hybridized carbons (Fsp3) is 0.250. The van der Waals surface area contributed by atoms with Gasteiger partial charge in [-0.15, -0.1) is 0 Å². The van der Waals surface area contributed by atoms with E-state index in [2.05, 4.69) is 4.98 Å². The second kappa shape index (κ2) is 5.10. The highest BCUT2D eigenvalue weighted by atomic mass is 35.5. The first-order valence-corrected chi connectivity index (χ1v) is 6.44. The molecular formula is C12H11ClFNOS. The van der Waals surface area contributed by atoms with Crippen molar-refractivity contribution in [2.24, 2.45) is 0 Å². The summed E-state index contributed by atoms with van der Waals surface area (Å²) in [6, 6.07) is 4.66. The van der Waals surface area contributed by atoms with E-state index in [0.29, 0.717) is 21.6 Å². The van der Waals surface area contributed by atoms with E-state index in [9.17, 15) is 4.39 Å². The van der Waals surface area contributed by atoms with Crippen LogP contribution >= 0.6 is 23.4 Å². The third kappa shape index (κ3) is 2.82. The monoisotopic (exact) mass is 271 g/mol. The Hall–Kier alpha value is -1.00. The van der Waals surface area contributed by atoms with E-state index >= 15 is 0 Å². The van der Waals surface area contributed by atoms with Crippen LogP contribution in [0, 0.1) is 19.7 Å². The topological polar surface area (TPSA) is 26.0 Å². The lowest BCUT2D eigenvalue weighted by Gasteiger charge is -2.03. The van der Waals surface area contributed by atoms with Crippen molar-refractivity contribution in [1.29, 1.82) is 0 Å². The zero-order valence-electron chi connectivity index (χ0n) is 9.46. The van der Waals surface area contributed by atoms with E-state index in [1.165, 1.54) is 17.8 Å². The number of benzene rings is 1. The van der Waals surface area contributed by atoms with E-state index in [1.807, 2.05) is 13.8 Å². The van der Waals surface area contributed by atoms with Gasteiger partial charge in [0.25, 0.3) is 5.22 Å². The summed E-state index contributed by atoms with van der Waals surface area (Å²) in [5, 5.41) is 0.969. The summed E-state index contributed by atoms with van der Waals surface area (Å²) in [4.78, 5) is 4.22. The van der Waals surface area contributed by atoms with Gasteiger partial charge in [0.1, 0.15) is 11.6 Å². The van der Waals surface area contributed by atoms with Crippen molar-refractivity contribution < 1.29 is 8.81 Å². The van der Waals surface area contributed by atoms with E-state index in [1.54, 1.807) is 12.1 Å². The molecule has 2 aromatic rings. The number of hydrogen-bond donors (Lipinski definition) is 0. The Morgan fingerprint density at radius 1 is 1.41 bits per heavy atom. The minimum Gasteiger partial charge on any atom is -0.437 e. The molecule has 2 nitrogen and oxygen atoms in total. The molecule has 0 spiro atoms. The van der Waals surface area contributed by atoms with Gasteiger partial charge in [-0.3, -0.25) is 0 Å². The Bertz CT molecular complexity index is 502. The lowest BCUT2D eigenvalue weighted by molar-refractivity contribution is 0.431. The molecule has 0 saturated heterocycles. The molecule has 17 heavy (non-hydrogen) atoms. The summed E-state index contributed by atoms with van der Waals surface area (Å²) in [5.74, 6) is 0.891. The molecule has 0 atom stereocenters. The smallest absolute Gasteiger partial charge is 0.256 e. The Balaban J connectivity index is 2.12. The van der Waals surface area contributed by atoms with E-state index in [0.717, 1.165) is 11.5 Å². The zero-order chi connectivity index (χ0) is 12.4. The molecule has 90 valence electrons. The van der Waals surface area contributed by atoms with Crippen molar-refractivity contribution in [3.63, 3.8) is 0 Å². The molecule has 1 heterocycles. The van der Waals surface area contributed by atoms with Crippen LogP contribution in [0.4, 0.5) is 4.39 Å². The molecule has 5 heteroatoms. The van der Waals surface area contributed by atoms with E-state index < -0.39 is 0 Å². The molecule has 0 unspecified atom stereocenters. The van der Waals surface area contributed by atoms with Gasteiger partial charge < -0.3 is 4.42 Å². The first-order chi connectivity index (χ1) is 8.08. The Morgan fingerprint density at radius 2 is 2.18 bits per heavy atom. The van der Waals surface area contributed by atoms with Gasteiger partial charge in [-0.05, 0) is 26.0 Å². The first-order valence-electron chi connectivity index (χ1n) is 5.07. The number of nitrogens with zero attached hydrogens (tertiary/aromatic N) is 1. The number of aryl methyl sites for hydroxylation is 2. The van der Waals surface area contributed by atoms with Crippen molar-refractivity contribution in [2.75, 3.05) is 0 Å². The number of oxazole rings is 1. The molecule has 0 aliphatic heterocycles. The fourth-order valence-electron chi connectivity index (χ4n) is 1.31. The highest BCUT2D eigenvalue weighted by Crippen LogP contribution is 2.28.